The minimum atomic E-state index is -0.173. The molecule has 5 nitrogen and oxygen atoms in total. The minimum absolute atomic E-state index is 0.0372. The van der Waals surface area contributed by atoms with E-state index in [9.17, 15) is 9.59 Å². The zero-order valence-electron chi connectivity index (χ0n) is 12.5. The zero-order chi connectivity index (χ0) is 16.0. The molecule has 4 rings (SSSR count). The highest BCUT2D eigenvalue weighted by molar-refractivity contribution is 6.21. The van der Waals surface area contributed by atoms with Crippen molar-refractivity contribution < 1.29 is 9.59 Å². The fourth-order valence-corrected chi connectivity index (χ4v) is 3.30. The molecule has 1 heterocycles. The molecule has 0 spiro atoms. The van der Waals surface area contributed by atoms with E-state index in [0.717, 1.165) is 18.5 Å². The number of para-hydroxylation sites is 2. The molecule has 2 aliphatic rings. The van der Waals surface area contributed by atoms with Gasteiger partial charge in [0.25, 0.3) is 11.8 Å². The zero-order valence-corrected chi connectivity index (χ0v) is 12.5. The number of carbonyl (C=O) groups excluding carboxylic acids is 2. The van der Waals surface area contributed by atoms with Gasteiger partial charge in [0.05, 0.1) is 22.5 Å². The number of nitrogens with two attached hydrogens (primary N) is 1. The van der Waals surface area contributed by atoms with Crippen LogP contribution < -0.4 is 11.1 Å². The molecule has 0 saturated heterocycles. The van der Waals surface area contributed by atoms with Crippen molar-refractivity contribution in [2.24, 2.45) is 0 Å². The first-order valence-electron chi connectivity index (χ1n) is 7.73. The Labute approximate surface area is 134 Å². The van der Waals surface area contributed by atoms with Crippen LogP contribution >= 0.6 is 0 Å². The second-order valence-electron chi connectivity index (χ2n) is 6.08. The Morgan fingerprint density at radius 3 is 2.09 bits per heavy atom. The van der Waals surface area contributed by atoms with Crippen molar-refractivity contribution in [3.63, 3.8) is 0 Å². The molecule has 23 heavy (non-hydrogen) atoms. The van der Waals surface area contributed by atoms with E-state index >= 15 is 0 Å². The summed E-state index contributed by atoms with van der Waals surface area (Å²) >= 11 is 0. The average Bonchev–Trinajstić information content (AvgIpc) is 2.77. The van der Waals surface area contributed by atoms with Crippen LogP contribution in [-0.4, -0.2) is 28.8 Å². The molecular weight excluding hydrogens is 290 g/mol. The predicted octanol–water partition coefficient (Wildman–Crippen LogP) is 2.51. The number of amides is 2. The maximum atomic E-state index is 12.4. The number of nitrogens with one attached hydrogen (secondary N) is 1. The van der Waals surface area contributed by atoms with Gasteiger partial charge in [0.2, 0.25) is 0 Å². The SMILES string of the molecule is Nc1ccccc1N[C@H]1C[C@H](N2C(=O)c3ccccc3C2=O)C1. The highest BCUT2D eigenvalue weighted by Gasteiger charge is 2.44. The van der Waals surface area contributed by atoms with Gasteiger partial charge >= 0.3 is 0 Å². The van der Waals surface area contributed by atoms with E-state index in [0.29, 0.717) is 16.8 Å². The topological polar surface area (TPSA) is 75.4 Å². The Balaban J connectivity index is 1.44. The van der Waals surface area contributed by atoms with Gasteiger partial charge in [-0.25, -0.2) is 0 Å². The van der Waals surface area contributed by atoms with E-state index < -0.39 is 0 Å². The third kappa shape index (κ3) is 2.16. The predicted molar refractivity (Wildman–Crippen MR) is 88.2 cm³/mol. The lowest BCUT2D eigenvalue weighted by molar-refractivity contribution is 0.0492. The van der Waals surface area contributed by atoms with E-state index in [2.05, 4.69) is 5.32 Å². The molecule has 2 aromatic rings. The van der Waals surface area contributed by atoms with Gasteiger partial charge in [0.1, 0.15) is 0 Å². The van der Waals surface area contributed by atoms with Gasteiger partial charge in [-0.1, -0.05) is 24.3 Å². The highest BCUT2D eigenvalue weighted by atomic mass is 16.2. The second-order valence-corrected chi connectivity index (χ2v) is 6.08. The number of anilines is 2. The number of rotatable bonds is 3. The van der Waals surface area contributed by atoms with Gasteiger partial charge in [-0.2, -0.15) is 0 Å². The van der Waals surface area contributed by atoms with Crippen LogP contribution in [0, 0.1) is 0 Å². The monoisotopic (exact) mass is 307 g/mol. The maximum Gasteiger partial charge on any atom is 0.261 e. The lowest BCUT2D eigenvalue weighted by Crippen LogP contribution is -2.52. The third-order valence-electron chi connectivity index (χ3n) is 4.62. The molecular formula is C18H17N3O2. The number of nitrogens with zero attached hydrogens (tertiary/aromatic N) is 1. The summed E-state index contributed by atoms with van der Waals surface area (Å²) in [6, 6.07) is 14.8. The van der Waals surface area contributed by atoms with Gasteiger partial charge in [0.15, 0.2) is 0 Å². The largest absolute Gasteiger partial charge is 0.397 e. The van der Waals surface area contributed by atoms with Crippen LogP contribution in [-0.2, 0) is 0 Å². The van der Waals surface area contributed by atoms with E-state index in [1.54, 1.807) is 24.3 Å². The first-order valence-corrected chi connectivity index (χ1v) is 7.73. The molecule has 1 aliphatic heterocycles. The number of benzene rings is 2. The average molecular weight is 307 g/mol. The molecule has 0 radical (unpaired) electrons. The van der Waals surface area contributed by atoms with Crippen LogP contribution in [0.25, 0.3) is 0 Å². The molecule has 0 bridgehead atoms. The first-order chi connectivity index (χ1) is 11.1. The summed E-state index contributed by atoms with van der Waals surface area (Å²) in [5.74, 6) is -0.346. The van der Waals surface area contributed by atoms with Gasteiger partial charge in [-0.15, -0.1) is 0 Å². The maximum absolute atomic E-state index is 12.4. The molecule has 5 heteroatoms. The quantitative estimate of drug-likeness (QED) is 0.675. The number of imide groups is 1. The fraction of sp³-hybridized carbons (Fsp3) is 0.222. The van der Waals surface area contributed by atoms with Crippen LogP contribution in [0.1, 0.15) is 33.6 Å². The number of fused-ring (bicyclic) bond motifs is 1. The van der Waals surface area contributed by atoms with E-state index in [1.165, 1.54) is 4.90 Å². The van der Waals surface area contributed by atoms with Gasteiger partial charge in [0, 0.05) is 12.1 Å². The molecule has 0 aromatic heterocycles. The molecule has 2 amide bonds. The lowest BCUT2D eigenvalue weighted by Gasteiger charge is -2.40. The second kappa shape index (κ2) is 5.12. The fourth-order valence-electron chi connectivity index (χ4n) is 3.30. The number of hydrogen-bond acceptors (Lipinski definition) is 4. The Hall–Kier alpha value is -2.82. The molecule has 0 atom stereocenters. The molecule has 1 fully saturated rings. The van der Waals surface area contributed by atoms with E-state index in [-0.39, 0.29) is 23.9 Å². The normalized spacial score (nSPS) is 22.7. The van der Waals surface area contributed by atoms with E-state index in [4.69, 9.17) is 5.73 Å². The molecule has 3 N–H and O–H groups in total. The van der Waals surface area contributed by atoms with Crippen LogP contribution in [0.15, 0.2) is 48.5 Å². The van der Waals surface area contributed by atoms with Gasteiger partial charge < -0.3 is 11.1 Å². The summed E-state index contributed by atoms with van der Waals surface area (Å²) in [6.45, 7) is 0. The van der Waals surface area contributed by atoms with Crippen molar-refractivity contribution in [1.29, 1.82) is 0 Å². The lowest BCUT2D eigenvalue weighted by atomic mass is 9.85. The van der Waals surface area contributed by atoms with Crippen molar-refractivity contribution in [2.75, 3.05) is 11.1 Å². The summed E-state index contributed by atoms with van der Waals surface area (Å²) in [5, 5.41) is 3.38. The van der Waals surface area contributed by atoms with Crippen molar-refractivity contribution in [3.05, 3.63) is 59.7 Å². The minimum Gasteiger partial charge on any atom is -0.397 e. The molecule has 0 unspecified atom stereocenters. The standard InChI is InChI=1S/C18H17N3O2/c19-15-7-3-4-8-16(15)20-11-9-12(10-11)21-17(22)13-5-1-2-6-14(13)18(21)23/h1-8,11-12,20H,9-10,19H2/t11-,12-. The van der Waals surface area contributed by atoms with Crippen molar-refractivity contribution >= 4 is 23.2 Å². The summed E-state index contributed by atoms with van der Waals surface area (Å²) in [6.07, 6.45) is 1.50. The molecule has 1 aliphatic carbocycles. The van der Waals surface area contributed by atoms with Crippen LogP contribution in [0.2, 0.25) is 0 Å². The van der Waals surface area contributed by atoms with Crippen molar-refractivity contribution in [3.8, 4) is 0 Å². The summed E-state index contributed by atoms with van der Waals surface area (Å²) < 4.78 is 0. The van der Waals surface area contributed by atoms with Crippen molar-refractivity contribution in [1.82, 2.24) is 4.90 Å². The van der Waals surface area contributed by atoms with Crippen LogP contribution in [0.3, 0.4) is 0 Å². The van der Waals surface area contributed by atoms with Crippen molar-refractivity contribution in [2.45, 2.75) is 24.9 Å². The molecule has 116 valence electrons. The Bertz CT molecular complexity index is 761. The molecule has 2 aromatic carbocycles. The van der Waals surface area contributed by atoms with Gasteiger partial charge in [-0.3, -0.25) is 14.5 Å². The van der Waals surface area contributed by atoms with E-state index in [1.807, 2.05) is 24.3 Å². The van der Waals surface area contributed by atoms with Gasteiger partial charge in [-0.05, 0) is 37.1 Å². The summed E-state index contributed by atoms with van der Waals surface area (Å²) in [7, 11) is 0. The number of hydrogen-bond donors (Lipinski definition) is 2. The highest BCUT2D eigenvalue weighted by Crippen LogP contribution is 2.35. The number of nitrogen functional groups attached to an aromatic ring is 1. The number of carbonyl (C=O) groups is 2. The smallest absolute Gasteiger partial charge is 0.261 e. The Morgan fingerprint density at radius 2 is 1.48 bits per heavy atom. The Kier molecular flexibility index (Phi) is 3.08. The molecule has 1 saturated carbocycles. The van der Waals surface area contributed by atoms with Crippen LogP contribution in [0.5, 0.6) is 0 Å². The summed E-state index contributed by atoms with van der Waals surface area (Å²) in [5.41, 5.74) is 8.56. The van der Waals surface area contributed by atoms with Crippen LogP contribution in [0.4, 0.5) is 11.4 Å². The first kappa shape index (κ1) is 13.8. The third-order valence-corrected chi connectivity index (χ3v) is 4.62. The summed E-state index contributed by atoms with van der Waals surface area (Å²) in [4.78, 5) is 26.3. The Morgan fingerprint density at radius 1 is 0.913 bits per heavy atom.